The topological polar surface area (TPSA) is 51.5 Å². The van der Waals surface area contributed by atoms with Crippen LogP contribution in [0.15, 0.2) is 42.7 Å². The fourth-order valence-corrected chi connectivity index (χ4v) is 3.45. The van der Waals surface area contributed by atoms with Gasteiger partial charge in [-0.05, 0) is 57.0 Å². The van der Waals surface area contributed by atoms with Gasteiger partial charge in [0.25, 0.3) is 0 Å². The molecule has 0 unspecified atom stereocenters. The van der Waals surface area contributed by atoms with Gasteiger partial charge < -0.3 is 10.1 Å². The van der Waals surface area contributed by atoms with Crippen molar-refractivity contribution in [2.75, 3.05) is 5.32 Å². The van der Waals surface area contributed by atoms with Gasteiger partial charge in [-0.3, -0.25) is 4.40 Å². The molecule has 1 aromatic carbocycles. The summed E-state index contributed by atoms with van der Waals surface area (Å²) in [5.41, 5.74) is 2.02. The first-order chi connectivity index (χ1) is 12.2. The Morgan fingerprint density at radius 1 is 1.16 bits per heavy atom. The number of fused-ring (bicyclic) bond motifs is 1. The molecule has 1 aliphatic carbocycles. The average molecular weight is 336 g/mol. The highest BCUT2D eigenvalue weighted by molar-refractivity contribution is 5.76. The second kappa shape index (κ2) is 6.75. The molecule has 5 heteroatoms. The van der Waals surface area contributed by atoms with E-state index in [1.54, 1.807) is 6.20 Å². The molecule has 0 bridgehead atoms. The Labute approximate surface area is 148 Å². The number of hydrogen-bond donors (Lipinski definition) is 1. The highest BCUT2D eigenvalue weighted by atomic mass is 16.5. The lowest BCUT2D eigenvalue weighted by Crippen LogP contribution is -2.16. The van der Waals surface area contributed by atoms with E-state index < -0.39 is 0 Å². The lowest BCUT2D eigenvalue weighted by Gasteiger charge is -2.15. The number of nitrogens with zero attached hydrogens (tertiary/aromatic N) is 3. The lowest BCUT2D eigenvalue weighted by molar-refractivity contribution is 0.242. The molecule has 0 aliphatic heterocycles. The van der Waals surface area contributed by atoms with Crippen LogP contribution in [0.4, 0.5) is 5.82 Å². The van der Waals surface area contributed by atoms with Gasteiger partial charge >= 0.3 is 0 Å². The minimum Gasteiger partial charge on any atom is -0.491 e. The van der Waals surface area contributed by atoms with Crippen molar-refractivity contribution in [2.45, 2.75) is 51.7 Å². The van der Waals surface area contributed by atoms with E-state index in [-0.39, 0.29) is 6.10 Å². The van der Waals surface area contributed by atoms with Crippen LogP contribution < -0.4 is 10.1 Å². The largest absolute Gasteiger partial charge is 0.491 e. The Kier molecular flexibility index (Phi) is 4.30. The summed E-state index contributed by atoms with van der Waals surface area (Å²) < 4.78 is 7.80. The number of hydrogen-bond acceptors (Lipinski definition) is 4. The number of anilines is 1. The summed E-state index contributed by atoms with van der Waals surface area (Å²) in [6, 6.07) is 10.6. The molecule has 1 saturated carbocycles. The van der Waals surface area contributed by atoms with Gasteiger partial charge in [0.1, 0.15) is 17.3 Å². The number of rotatable bonds is 5. The van der Waals surface area contributed by atoms with E-state index in [0.717, 1.165) is 28.6 Å². The highest BCUT2D eigenvalue weighted by Crippen LogP contribution is 2.32. The van der Waals surface area contributed by atoms with Crippen molar-refractivity contribution in [1.82, 2.24) is 14.4 Å². The van der Waals surface area contributed by atoms with E-state index in [0.29, 0.717) is 6.04 Å². The number of nitrogens with one attached hydrogen (secondary N) is 1. The summed E-state index contributed by atoms with van der Waals surface area (Å²) in [5, 5.41) is 3.71. The molecule has 25 heavy (non-hydrogen) atoms. The Morgan fingerprint density at radius 2 is 1.92 bits per heavy atom. The molecule has 0 atom stereocenters. The zero-order valence-electron chi connectivity index (χ0n) is 14.8. The fourth-order valence-electron chi connectivity index (χ4n) is 3.45. The monoisotopic (exact) mass is 336 g/mol. The van der Waals surface area contributed by atoms with Gasteiger partial charge in [-0.15, -0.1) is 0 Å². The van der Waals surface area contributed by atoms with Crippen LogP contribution in [0.1, 0.15) is 39.5 Å². The normalized spacial score (nSPS) is 15.2. The van der Waals surface area contributed by atoms with Gasteiger partial charge in [0.2, 0.25) is 5.78 Å². The standard InChI is InChI=1S/C20H24N4O/c1-14(2)25-17-10-8-15(9-11-17)18-19(22-16-6-3-4-7-16)24-13-5-12-21-20(24)23-18/h5,8-14,16,22H,3-4,6-7H2,1-2H3. The summed E-state index contributed by atoms with van der Waals surface area (Å²) in [7, 11) is 0. The van der Waals surface area contributed by atoms with E-state index in [1.807, 2.05) is 42.6 Å². The van der Waals surface area contributed by atoms with E-state index in [4.69, 9.17) is 9.72 Å². The van der Waals surface area contributed by atoms with Crippen molar-refractivity contribution < 1.29 is 4.74 Å². The first-order valence-electron chi connectivity index (χ1n) is 9.07. The molecule has 1 aliphatic rings. The van der Waals surface area contributed by atoms with E-state index in [1.165, 1.54) is 25.7 Å². The van der Waals surface area contributed by atoms with Crippen molar-refractivity contribution in [3.63, 3.8) is 0 Å². The number of imidazole rings is 1. The van der Waals surface area contributed by atoms with Crippen LogP contribution in [0, 0.1) is 0 Å². The van der Waals surface area contributed by atoms with Crippen molar-refractivity contribution >= 4 is 11.6 Å². The van der Waals surface area contributed by atoms with E-state index in [9.17, 15) is 0 Å². The van der Waals surface area contributed by atoms with Crippen LogP contribution in [0.5, 0.6) is 5.75 Å². The highest BCUT2D eigenvalue weighted by Gasteiger charge is 2.20. The summed E-state index contributed by atoms with van der Waals surface area (Å²) in [4.78, 5) is 9.17. The molecular formula is C20H24N4O. The van der Waals surface area contributed by atoms with Crippen molar-refractivity contribution in [2.24, 2.45) is 0 Å². The van der Waals surface area contributed by atoms with E-state index in [2.05, 4.69) is 22.4 Å². The van der Waals surface area contributed by atoms with Gasteiger partial charge in [0.15, 0.2) is 0 Å². The molecule has 1 N–H and O–H groups in total. The summed E-state index contributed by atoms with van der Waals surface area (Å²) in [5.74, 6) is 2.64. The minimum absolute atomic E-state index is 0.171. The van der Waals surface area contributed by atoms with Crippen molar-refractivity contribution in [3.8, 4) is 17.0 Å². The van der Waals surface area contributed by atoms with Crippen LogP contribution in [0.2, 0.25) is 0 Å². The van der Waals surface area contributed by atoms with Crippen LogP contribution in [0.25, 0.3) is 17.0 Å². The molecule has 0 amide bonds. The Bertz CT molecular complexity index is 848. The SMILES string of the molecule is CC(C)Oc1ccc(-c2nc3ncccn3c2NC2CCCC2)cc1. The second-order valence-electron chi connectivity index (χ2n) is 6.92. The Morgan fingerprint density at radius 3 is 2.64 bits per heavy atom. The van der Waals surface area contributed by atoms with Crippen LogP contribution >= 0.6 is 0 Å². The van der Waals surface area contributed by atoms with Gasteiger partial charge in [-0.1, -0.05) is 12.8 Å². The fraction of sp³-hybridized carbons (Fsp3) is 0.400. The molecule has 1 fully saturated rings. The predicted octanol–water partition coefficient (Wildman–Crippen LogP) is 4.54. The molecule has 4 rings (SSSR count). The third-order valence-corrected chi connectivity index (χ3v) is 4.60. The quantitative estimate of drug-likeness (QED) is 0.743. The molecular weight excluding hydrogens is 312 g/mol. The molecule has 130 valence electrons. The third-order valence-electron chi connectivity index (χ3n) is 4.60. The van der Waals surface area contributed by atoms with E-state index >= 15 is 0 Å². The molecule has 0 radical (unpaired) electrons. The smallest absolute Gasteiger partial charge is 0.235 e. The van der Waals surface area contributed by atoms with Crippen LogP contribution in [-0.4, -0.2) is 26.5 Å². The number of aromatic nitrogens is 3. The average Bonchev–Trinajstić information content (AvgIpc) is 3.24. The minimum atomic E-state index is 0.171. The maximum Gasteiger partial charge on any atom is 0.235 e. The summed E-state index contributed by atoms with van der Waals surface area (Å²) in [6.45, 7) is 4.07. The number of benzene rings is 1. The van der Waals surface area contributed by atoms with Crippen LogP contribution in [-0.2, 0) is 0 Å². The van der Waals surface area contributed by atoms with Crippen LogP contribution in [0.3, 0.4) is 0 Å². The van der Waals surface area contributed by atoms with Crippen molar-refractivity contribution in [1.29, 1.82) is 0 Å². The summed E-state index contributed by atoms with van der Waals surface area (Å²) in [6.07, 6.45) is 9.00. The lowest BCUT2D eigenvalue weighted by atomic mass is 10.1. The molecule has 2 heterocycles. The van der Waals surface area contributed by atoms with Gasteiger partial charge in [0, 0.05) is 24.0 Å². The first kappa shape index (κ1) is 15.9. The maximum atomic E-state index is 5.75. The Balaban J connectivity index is 1.72. The predicted molar refractivity (Wildman–Crippen MR) is 100 cm³/mol. The maximum absolute atomic E-state index is 5.75. The number of ether oxygens (including phenoxy) is 1. The molecule has 0 saturated heterocycles. The third kappa shape index (κ3) is 3.31. The molecule has 5 nitrogen and oxygen atoms in total. The molecule has 3 aromatic rings. The first-order valence-corrected chi connectivity index (χ1v) is 9.07. The van der Waals surface area contributed by atoms with Gasteiger partial charge in [0.05, 0.1) is 6.10 Å². The Hall–Kier alpha value is -2.56. The van der Waals surface area contributed by atoms with Gasteiger partial charge in [-0.2, -0.15) is 0 Å². The molecule has 0 spiro atoms. The zero-order chi connectivity index (χ0) is 17.2. The van der Waals surface area contributed by atoms with Crippen molar-refractivity contribution in [3.05, 3.63) is 42.7 Å². The molecule has 2 aromatic heterocycles. The summed E-state index contributed by atoms with van der Waals surface area (Å²) >= 11 is 0. The second-order valence-corrected chi connectivity index (χ2v) is 6.92. The zero-order valence-corrected chi connectivity index (χ0v) is 14.8. The van der Waals surface area contributed by atoms with Gasteiger partial charge in [-0.25, -0.2) is 9.97 Å².